The Morgan fingerprint density at radius 1 is 1.13 bits per heavy atom. The quantitative estimate of drug-likeness (QED) is 0.241. The highest BCUT2D eigenvalue weighted by atomic mass is 127. The third-order valence-electron chi connectivity index (χ3n) is 2.94. The number of ether oxygens (including phenoxy) is 2. The summed E-state index contributed by atoms with van der Waals surface area (Å²) in [6.45, 7) is 6.24. The first-order valence-corrected chi connectivity index (χ1v) is 7.86. The summed E-state index contributed by atoms with van der Waals surface area (Å²) in [5, 5.41) is 6.40. The molecule has 1 aromatic rings. The van der Waals surface area contributed by atoms with Crippen LogP contribution in [0.1, 0.15) is 25.5 Å². The fourth-order valence-electron chi connectivity index (χ4n) is 1.71. The van der Waals surface area contributed by atoms with Crippen LogP contribution in [0.5, 0.6) is 0 Å². The van der Waals surface area contributed by atoms with E-state index in [2.05, 4.69) is 27.5 Å². The highest BCUT2D eigenvalue weighted by molar-refractivity contribution is 14.0. The van der Waals surface area contributed by atoms with Gasteiger partial charge >= 0.3 is 0 Å². The predicted octanol–water partition coefficient (Wildman–Crippen LogP) is 2.20. The van der Waals surface area contributed by atoms with Gasteiger partial charge in [0.2, 0.25) is 0 Å². The number of nitrogens with zero attached hydrogens (tertiary/aromatic N) is 2. The van der Waals surface area contributed by atoms with E-state index in [1.54, 1.807) is 13.2 Å². The summed E-state index contributed by atoms with van der Waals surface area (Å²) in [6, 6.07) is 5.85. The van der Waals surface area contributed by atoms with Crippen molar-refractivity contribution in [3.8, 4) is 0 Å². The van der Waals surface area contributed by atoms with Gasteiger partial charge in [0.15, 0.2) is 5.96 Å². The van der Waals surface area contributed by atoms with Crippen LogP contribution in [-0.4, -0.2) is 51.0 Å². The van der Waals surface area contributed by atoms with Crippen molar-refractivity contribution in [1.29, 1.82) is 0 Å². The molecule has 0 atom stereocenters. The fraction of sp³-hybridized carbons (Fsp3) is 0.625. The minimum atomic E-state index is 0. The predicted molar refractivity (Wildman–Crippen MR) is 104 cm³/mol. The molecule has 2 N–H and O–H groups in total. The van der Waals surface area contributed by atoms with Gasteiger partial charge in [-0.05, 0) is 18.6 Å². The fourth-order valence-corrected chi connectivity index (χ4v) is 1.71. The Kier molecular flexibility index (Phi) is 15.3. The molecule has 0 saturated carbocycles. The van der Waals surface area contributed by atoms with Gasteiger partial charge in [0.05, 0.1) is 32.1 Å². The maximum Gasteiger partial charge on any atom is 0.191 e. The van der Waals surface area contributed by atoms with Gasteiger partial charge in [-0.1, -0.05) is 19.4 Å². The molecule has 0 fully saturated rings. The number of unbranched alkanes of at least 4 members (excludes halogenated alkanes) is 1. The van der Waals surface area contributed by atoms with E-state index < -0.39 is 0 Å². The second-order valence-electron chi connectivity index (χ2n) is 4.75. The van der Waals surface area contributed by atoms with Crippen LogP contribution in [0.15, 0.2) is 29.4 Å². The lowest BCUT2D eigenvalue weighted by molar-refractivity contribution is 0.0487. The molecule has 0 aromatic carbocycles. The molecule has 1 rings (SSSR count). The van der Waals surface area contributed by atoms with Crippen LogP contribution in [0.25, 0.3) is 0 Å². The Hall–Kier alpha value is -0.930. The van der Waals surface area contributed by atoms with Crippen LogP contribution in [0, 0.1) is 0 Å². The normalized spacial score (nSPS) is 11.0. The minimum absolute atomic E-state index is 0. The molecule has 1 heterocycles. The number of halogens is 1. The van der Waals surface area contributed by atoms with Crippen molar-refractivity contribution < 1.29 is 9.47 Å². The molecule has 0 unspecified atom stereocenters. The average Bonchev–Trinajstić information content (AvgIpc) is 2.57. The molecule has 23 heavy (non-hydrogen) atoms. The summed E-state index contributed by atoms with van der Waals surface area (Å²) >= 11 is 0. The largest absolute Gasteiger partial charge is 0.379 e. The van der Waals surface area contributed by atoms with Gasteiger partial charge in [0, 0.05) is 26.4 Å². The maximum absolute atomic E-state index is 5.49. The van der Waals surface area contributed by atoms with Gasteiger partial charge < -0.3 is 20.1 Å². The van der Waals surface area contributed by atoms with E-state index in [1.165, 1.54) is 0 Å². The summed E-state index contributed by atoms with van der Waals surface area (Å²) in [5.74, 6) is 0.744. The summed E-state index contributed by atoms with van der Waals surface area (Å²) < 4.78 is 10.9. The third kappa shape index (κ3) is 12.2. The molecule has 0 bridgehead atoms. The van der Waals surface area contributed by atoms with Gasteiger partial charge in [-0.2, -0.15) is 0 Å². The molecule has 0 aliphatic heterocycles. The zero-order chi connectivity index (χ0) is 15.9. The molecule has 1 aromatic heterocycles. The molecule has 0 saturated heterocycles. The first-order chi connectivity index (χ1) is 10.9. The minimum Gasteiger partial charge on any atom is -0.379 e. The van der Waals surface area contributed by atoms with Crippen LogP contribution >= 0.6 is 24.0 Å². The van der Waals surface area contributed by atoms with Crippen molar-refractivity contribution in [1.82, 2.24) is 15.6 Å². The average molecular weight is 436 g/mol. The van der Waals surface area contributed by atoms with E-state index in [0.29, 0.717) is 32.9 Å². The maximum atomic E-state index is 5.49. The summed E-state index contributed by atoms with van der Waals surface area (Å²) in [6.07, 6.45) is 4.05. The topological polar surface area (TPSA) is 67.8 Å². The standard InChI is InChI=1S/C16H28N4O2.HI/c1-3-4-10-21-12-13-22-11-9-19-16(17-2)20-14-15-7-5-6-8-18-15;/h5-8H,3-4,9-14H2,1-2H3,(H2,17,19,20);1H. The lowest BCUT2D eigenvalue weighted by Gasteiger charge is -2.11. The summed E-state index contributed by atoms with van der Waals surface area (Å²) in [4.78, 5) is 8.41. The van der Waals surface area contributed by atoms with Gasteiger partial charge in [-0.3, -0.25) is 9.98 Å². The van der Waals surface area contributed by atoms with Crippen molar-refractivity contribution in [2.24, 2.45) is 4.99 Å². The first-order valence-electron chi connectivity index (χ1n) is 7.86. The van der Waals surface area contributed by atoms with Gasteiger partial charge in [-0.15, -0.1) is 24.0 Å². The molecule has 6 nitrogen and oxygen atoms in total. The highest BCUT2D eigenvalue weighted by Crippen LogP contribution is 1.91. The molecule has 0 amide bonds. The zero-order valence-corrected chi connectivity index (χ0v) is 16.4. The smallest absolute Gasteiger partial charge is 0.191 e. The van der Waals surface area contributed by atoms with E-state index in [0.717, 1.165) is 31.1 Å². The highest BCUT2D eigenvalue weighted by Gasteiger charge is 1.98. The molecular weight excluding hydrogens is 407 g/mol. The number of rotatable bonds is 11. The van der Waals surface area contributed by atoms with Crippen LogP contribution in [0.2, 0.25) is 0 Å². The number of guanidine groups is 1. The molecule has 0 aliphatic rings. The van der Waals surface area contributed by atoms with E-state index in [-0.39, 0.29) is 24.0 Å². The Bertz CT molecular complexity index is 404. The number of hydrogen-bond acceptors (Lipinski definition) is 4. The Morgan fingerprint density at radius 2 is 1.91 bits per heavy atom. The second-order valence-corrected chi connectivity index (χ2v) is 4.75. The monoisotopic (exact) mass is 436 g/mol. The number of hydrogen-bond donors (Lipinski definition) is 2. The van der Waals surface area contributed by atoms with Gasteiger partial charge in [-0.25, -0.2) is 0 Å². The molecule has 0 aliphatic carbocycles. The molecule has 7 heteroatoms. The molecule has 132 valence electrons. The van der Waals surface area contributed by atoms with E-state index >= 15 is 0 Å². The van der Waals surface area contributed by atoms with Crippen molar-refractivity contribution in [2.45, 2.75) is 26.3 Å². The molecule has 0 radical (unpaired) electrons. The zero-order valence-electron chi connectivity index (χ0n) is 14.1. The Labute approximate surface area is 156 Å². The molecular formula is C16H29IN4O2. The second kappa shape index (κ2) is 15.9. The van der Waals surface area contributed by atoms with E-state index in [1.807, 2.05) is 18.2 Å². The van der Waals surface area contributed by atoms with Crippen molar-refractivity contribution in [3.05, 3.63) is 30.1 Å². The summed E-state index contributed by atoms with van der Waals surface area (Å²) in [7, 11) is 1.75. The van der Waals surface area contributed by atoms with Crippen LogP contribution in [-0.2, 0) is 16.0 Å². The van der Waals surface area contributed by atoms with Gasteiger partial charge in [0.25, 0.3) is 0 Å². The van der Waals surface area contributed by atoms with Crippen LogP contribution in [0.3, 0.4) is 0 Å². The Balaban J connectivity index is 0.00000484. The van der Waals surface area contributed by atoms with Crippen LogP contribution < -0.4 is 10.6 Å². The number of aliphatic imine (C=N–C) groups is 1. The van der Waals surface area contributed by atoms with E-state index in [9.17, 15) is 0 Å². The van der Waals surface area contributed by atoms with Crippen molar-refractivity contribution in [2.75, 3.05) is 40.0 Å². The number of pyridine rings is 1. The Morgan fingerprint density at radius 3 is 2.57 bits per heavy atom. The first kappa shape index (κ1) is 22.1. The number of nitrogens with one attached hydrogen (secondary N) is 2. The van der Waals surface area contributed by atoms with Crippen molar-refractivity contribution in [3.63, 3.8) is 0 Å². The SMILES string of the molecule is CCCCOCCOCCNC(=NC)NCc1ccccn1.I. The van der Waals surface area contributed by atoms with Crippen LogP contribution in [0.4, 0.5) is 0 Å². The lowest BCUT2D eigenvalue weighted by Crippen LogP contribution is -2.38. The number of aromatic nitrogens is 1. The van der Waals surface area contributed by atoms with Gasteiger partial charge in [0.1, 0.15) is 0 Å². The van der Waals surface area contributed by atoms with Crippen molar-refractivity contribution >= 4 is 29.9 Å². The van der Waals surface area contributed by atoms with E-state index in [4.69, 9.17) is 9.47 Å². The molecule has 0 spiro atoms. The third-order valence-corrected chi connectivity index (χ3v) is 2.94. The summed E-state index contributed by atoms with van der Waals surface area (Å²) in [5.41, 5.74) is 0.978. The lowest BCUT2D eigenvalue weighted by atomic mass is 10.3.